The molecule has 0 aromatic heterocycles. The van der Waals surface area contributed by atoms with Crippen molar-refractivity contribution in [2.24, 2.45) is 0 Å². The molecule has 1 atom stereocenters. The molecule has 0 aliphatic heterocycles. The van der Waals surface area contributed by atoms with Crippen LogP contribution in [0.4, 0.5) is 10.1 Å². The zero-order chi connectivity index (χ0) is 34.1. The fourth-order valence-corrected chi connectivity index (χ4v) is 6.48. The summed E-state index contributed by atoms with van der Waals surface area (Å²) in [5.41, 5.74) is 2.29. The van der Waals surface area contributed by atoms with Crippen molar-refractivity contribution >= 4 is 27.5 Å². The van der Waals surface area contributed by atoms with Crippen LogP contribution in [0.2, 0.25) is 0 Å². The van der Waals surface area contributed by atoms with E-state index in [1.165, 1.54) is 61.6 Å². The largest absolute Gasteiger partial charge is 0.497 e. The molecule has 0 saturated carbocycles. The summed E-state index contributed by atoms with van der Waals surface area (Å²) in [5, 5.41) is 2.91. The van der Waals surface area contributed by atoms with Gasteiger partial charge < -0.3 is 19.7 Å². The minimum Gasteiger partial charge on any atom is -0.497 e. The van der Waals surface area contributed by atoms with Crippen molar-refractivity contribution in [2.45, 2.75) is 50.7 Å². The fraction of sp³-hybridized carbons (Fsp3) is 0.278. The minimum absolute atomic E-state index is 0.0377. The SMILES string of the molecule is COc1ccc(OC)c(N(CC(=O)N(Cc2ccc(F)cc2)[C@@H](Cc2ccccc2)C(=O)NC(C)C)S(=O)(=O)c2ccc(C)cc2)c1. The summed E-state index contributed by atoms with van der Waals surface area (Å²) in [7, 11) is -1.51. The van der Waals surface area contributed by atoms with Crippen LogP contribution in [0.3, 0.4) is 0 Å². The van der Waals surface area contributed by atoms with Gasteiger partial charge in [-0.2, -0.15) is 0 Å². The van der Waals surface area contributed by atoms with Crippen molar-refractivity contribution in [3.8, 4) is 11.5 Å². The van der Waals surface area contributed by atoms with E-state index >= 15 is 0 Å². The molecule has 0 fully saturated rings. The van der Waals surface area contributed by atoms with Crippen molar-refractivity contribution in [3.05, 3.63) is 120 Å². The van der Waals surface area contributed by atoms with Crippen molar-refractivity contribution in [1.82, 2.24) is 10.2 Å². The molecule has 0 aliphatic carbocycles. The van der Waals surface area contributed by atoms with E-state index in [9.17, 15) is 22.4 Å². The molecule has 4 aromatic carbocycles. The van der Waals surface area contributed by atoms with E-state index in [2.05, 4.69) is 5.32 Å². The highest BCUT2D eigenvalue weighted by atomic mass is 32.2. The highest BCUT2D eigenvalue weighted by molar-refractivity contribution is 7.92. The predicted octanol–water partition coefficient (Wildman–Crippen LogP) is 5.51. The van der Waals surface area contributed by atoms with E-state index in [1.54, 1.807) is 24.3 Å². The average molecular weight is 662 g/mol. The Morgan fingerprint density at radius 2 is 1.51 bits per heavy atom. The van der Waals surface area contributed by atoms with Gasteiger partial charge in [-0.05, 0) is 68.3 Å². The Hall–Kier alpha value is -4.90. The van der Waals surface area contributed by atoms with Crippen molar-refractivity contribution in [1.29, 1.82) is 0 Å². The van der Waals surface area contributed by atoms with E-state index in [4.69, 9.17) is 9.47 Å². The van der Waals surface area contributed by atoms with Crippen LogP contribution in [0.1, 0.15) is 30.5 Å². The number of nitrogens with zero attached hydrogens (tertiary/aromatic N) is 2. The monoisotopic (exact) mass is 661 g/mol. The normalized spacial score (nSPS) is 11.9. The number of sulfonamides is 1. The Kier molecular flexibility index (Phi) is 11.6. The molecular weight excluding hydrogens is 621 g/mol. The van der Waals surface area contributed by atoms with E-state index in [1.807, 2.05) is 51.1 Å². The van der Waals surface area contributed by atoms with Gasteiger partial charge in [0.25, 0.3) is 10.0 Å². The zero-order valence-corrected chi connectivity index (χ0v) is 28.0. The van der Waals surface area contributed by atoms with Crippen molar-refractivity contribution < 1.29 is 31.9 Å². The van der Waals surface area contributed by atoms with Gasteiger partial charge in [-0.1, -0.05) is 60.2 Å². The van der Waals surface area contributed by atoms with Crippen LogP contribution in [-0.2, 0) is 32.6 Å². The maximum atomic E-state index is 14.6. The Balaban J connectivity index is 1.86. The second-order valence-corrected chi connectivity index (χ2v) is 13.2. The Bertz CT molecular complexity index is 1770. The lowest BCUT2D eigenvalue weighted by molar-refractivity contribution is -0.140. The summed E-state index contributed by atoms with van der Waals surface area (Å²) in [4.78, 5) is 29.7. The van der Waals surface area contributed by atoms with Gasteiger partial charge in [0.2, 0.25) is 11.8 Å². The highest BCUT2D eigenvalue weighted by Gasteiger charge is 2.36. The molecular formula is C36H40FN3O6S. The minimum atomic E-state index is -4.36. The molecule has 11 heteroatoms. The van der Waals surface area contributed by atoms with Gasteiger partial charge in [0.05, 0.1) is 24.8 Å². The zero-order valence-electron chi connectivity index (χ0n) is 27.1. The average Bonchev–Trinajstić information content (AvgIpc) is 3.06. The van der Waals surface area contributed by atoms with Crippen LogP contribution >= 0.6 is 0 Å². The molecule has 0 spiro atoms. The summed E-state index contributed by atoms with van der Waals surface area (Å²) in [6.45, 7) is 4.70. The molecule has 4 aromatic rings. The van der Waals surface area contributed by atoms with E-state index in [0.29, 0.717) is 11.3 Å². The second kappa shape index (κ2) is 15.6. The smallest absolute Gasteiger partial charge is 0.264 e. The summed E-state index contributed by atoms with van der Waals surface area (Å²) in [5.74, 6) is -0.983. The van der Waals surface area contributed by atoms with Gasteiger partial charge >= 0.3 is 0 Å². The maximum Gasteiger partial charge on any atom is 0.264 e. The number of carbonyl (C=O) groups is 2. The third kappa shape index (κ3) is 8.88. The van der Waals surface area contributed by atoms with E-state index in [-0.39, 0.29) is 35.3 Å². The number of hydrogen-bond acceptors (Lipinski definition) is 6. The van der Waals surface area contributed by atoms with Crippen LogP contribution in [0.25, 0.3) is 0 Å². The predicted molar refractivity (Wildman–Crippen MR) is 179 cm³/mol. The molecule has 4 rings (SSSR count). The molecule has 0 aliphatic rings. The number of ether oxygens (including phenoxy) is 2. The molecule has 0 heterocycles. The molecule has 0 radical (unpaired) electrons. The van der Waals surface area contributed by atoms with Gasteiger partial charge in [0.15, 0.2) is 0 Å². The molecule has 1 N–H and O–H groups in total. The molecule has 0 saturated heterocycles. The highest BCUT2D eigenvalue weighted by Crippen LogP contribution is 2.36. The van der Waals surface area contributed by atoms with Crippen molar-refractivity contribution in [3.63, 3.8) is 0 Å². The molecule has 2 amide bonds. The number of nitrogens with one attached hydrogen (secondary N) is 1. The Labute approximate surface area is 276 Å². The number of carbonyl (C=O) groups excluding carboxylic acids is 2. The van der Waals surface area contributed by atoms with Crippen LogP contribution < -0.4 is 19.1 Å². The molecule has 9 nitrogen and oxygen atoms in total. The lowest BCUT2D eigenvalue weighted by atomic mass is 10.0. The van der Waals surface area contributed by atoms with Crippen LogP contribution in [0.5, 0.6) is 11.5 Å². The number of halogens is 1. The first kappa shape index (κ1) is 35.0. The van der Waals surface area contributed by atoms with Gasteiger partial charge in [0.1, 0.15) is 29.9 Å². The lowest BCUT2D eigenvalue weighted by Gasteiger charge is -2.34. The third-order valence-electron chi connectivity index (χ3n) is 7.51. The number of aryl methyl sites for hydroxylation is 1. The number of amides is 2. The number of hydrogen-bond donors (Lipinski definition) is 1. The summed E-state index contributed by atoms with van der Waals surface area (Å²) >= 11 is 0. The summed E-state index contributed by atoms with van der Waals surface area (Å²) in [6.07, 6.45) is 0.152. The van der Waals surface area contributed by atoms with E-state index in [0.717, 1.165) is 15.4 Å². The first-order valence-electron chi connectivity index (χ1n) is 15.1. The molecule has 0 unspecified atom stereocenters. The van der Waals surface area contributed by atoms with E-state index < -0.39 is 40.2 Å². The Morgan fingerprint density at radius 1 is 0.851 bits per heavy atom. The van der Waals surface area contributed by atoms with Gasteiger partial charge in [-0.3, -0.25) is 13.9 Å². The first-order valence-corrected chi connectivity index (χ1v) is 16.6. The van der Waals surface area contributed by atoms with Crippen molar-refractivity contribution in [2.75, 3.05) is 25.1 Å². The first-order chi connectivity index (χ1) is 22.4. The summed E-state index contributed by atoms with van der Waals surface area (Å²) in [6, 6.07) is 24.5. The van der Waals surface area contributed by atoms with Crippen LogP contribution in [0.15, 0.2) is 102 Å². The number of benzene rings is 4. The van der Waals surface area contributed by atoms with Gasteiger partial charge in [0, 0.05) is 25.1 Å². The molecule has 47 heavy (non-hydrogen) atoms. The standard InChI is InChI=1S/C36H40FN3O6S/c1-25(2)38-36(42)33(21-27-9-7-6-8-10-27)39(23-28-13-15-29(37)16-14-28)35(41)24-40(32-22-30(45-4)17-20-34(32)46-5)47(43,44)31-18-11-26(3)12-19-31/h6-20,22,25,33H,21,23-24H2,1-5H3,(H,38,42)/t33-/m0/s1. The number of anilines is 1. The molecule has 248 valence electrons. The fourth-order valence-electron chi connectivity index (χ4n) is 5.06. The van der Waals surface area contributed by atoms with Crippen LogP contribution in [-0.4, -0.2) is 58.0 Å². The number of rotatable bonds is 14. The van der Waals surface area contributed by atoms with Gasteiger partial charge in [-0.15, -0.1) is 0 Å². The topological polar surface area (TPSA) is 105 Å². The van der Waals surface area contributed by atoms with Gasteiger partial charge in [-0.25, -0.2) is 12.8 Å². The second-order valence-electron chi connectivity index (χ2n) is 11.4. The van der Waals surface area contributed by atoms with Crippen LogP contribution in [0, 0.1) is 12.7 Å². The third-order valence-corrected chi connectivity index (χ3v) is 9.28. The maximum absolute atomic E-state index is 14.6. The Morgan fingerprint density at radius 3 is 2.11 bits per heavy atom. The molecule has 0 bridgehead atoms. The summed E-state index contributed by atoms with van der Waals surface area (Å²) < 4.78 is 54.5. The number of methoxy groups -OCH3 is 2. The quantitative estimate of drug-likeness (QED) is 0.191. The lowest BCUT2D eigenvalue weighted by Crippen LogP contribution is -2.54.